The topological polar surface area (TPSA) is 42.7 Å². The molecule has 0 bridgehead atoms. The second-order valence-corrected chi connectivity index (χ2v) is 4.89. The van der Waals surface area contributed by atoms with Crippen molar-refractivity contribution >= 4 is 5.95 Å². The number of rotatable bonds is 3. The Labute approximate surface area is 113 Å². The Morgan fingerprint density at radius 3 is 2.60 bits per heavy atom. The summed E-state index contributed by atoms with van der Waals surface area (Å²) in [5, 5.41) is 3.25. The molecule has 3 rings (SSSR count). The largest absolute Gasteiger partial charge is 0.433 e. The van der Waals surface area contributed by atoms with E-state index in [0.717, 1.165) is 24.6 Å². The Hall–Kier alpha value is -2.05. The van der Waals surface area contributed by atoms with Crippen molar-refractivity contribution in [3.8, 4) is 5.69 Å². The molecule has 0 aromatic carbocycles. The molecule has 7 heteroatoms. The Balaban J connectivity index is 1.92. The Kier molecular flexibility index (Phi) is 2.92. The molecule has 0 radical (unpaired) electrons. The summed E-state index contributed by atoms with van der Waals surface area (Å²) in [5.74, 6) is 0.645. The fourth-order valence-corrected chi connectivity index (χ4v) is 1.90. The molecule has 20 heavy (non-hydrogen) atoms. The highest BCUT2D eigenvalue weighted by Crippen LogP contribution is 2.29. The van der Waals surface area contributed by atoms with Crippen molar-refractivity contribution in [1.29, 1.82) is 0 Å². The van der Waals surface area contributed by atoms with Crippen LogP contribution >= 0.6 is 0 Å². The summed E-state index contributed by atoms with van der Waals surface area (Å²) in [6, 6.07) is 2.79. The molecule has 0 saturated heterocycles. The number of anilines is 1. The average Bonchev–Trinajstić information content (AvgIpc) is 3.11. The third-order valence-corrected chi connectivity index (χ3v) is 3.05. The molecule has 1 aliphatic carbocycles. The van der Waals surface area contributed by atoms with Crippen molar-refractivity contribution in [2.75, 3.05) is 5.32 Å². The Bertz CT molecular complexity index is 612. The summed E-state index contributed by atoms with van der Waals surface area (Å²) >= 11 is 0. The number of hydrogen-bond acceptors (Lipinski definition) is 3. The van der Waals surface area contributed by atoms with Crippen molar-refractivity contribution in [1.82, 2.24) is 14.5 Å². The zero-order valence-corrected chi connectivity index (χ0v) is 10.8. The van der Waals surface area contributed by atoms with Gasteiger partial charge in [0.15, 0.2) is 0 Å². The van der Waals surface area contributed by atoms with Gasteiger partial charge in [-0.05, 0) is 31.9 Å². The van der Waals surface area contributed by atoms with Crippen LogP contribution in [0.5, 0.6) is 0 Å². The Morgan fingerprint density at radius 1 is 1.30 bits per heavy atom. The highest BCUT2D eigenvalue weighted by molar-refractivity contribution is 5.43. The van der Waals surface area contributed by atoms with Gasteiger partial charge in [-0.1, -0.05) is 0 Å². The second-order valence-electron chi connectivity index (χ2n) is 4.89. The quantitative estimate of drug-likeness (QED) is 0.940. The van der Waals surface area contributed by atoms with Gasteiger partial charge in [-0.3, -0.25) is 4.57 Å². The van der Waals surface area contributed by atoms with Crippen LogP contribution < -0.4 is 5.32 Å². The van der Waals surface area contributed by atoms with Gasteiger partial charge < -0.3 is 5.32 Å². The van der Waals surface area contributed by atoms with Crippen LogP contribution in [0.25, 0.3) is 5.69 Å². The maximum Gasteiger partial charge on any atom is 0.433 e. The molecular weight excluding hydrogens is 269 g/mol. The van der Waals surface area contributed by atoms with Gasteiger partial charge >= 0.3 is 6.18 Å². The predicted octanol–water partition coefficient (Wildman–Crippen LogP) is 3.17. The van der Waals surface area contributed by atoms with Crippen molar-refractivity contribution in [2.45, 2.75) is 32.0 Å². The van der Waals surface area contributed by atoms with Crippen LogP contribution in [0, 0.1) is 6.92 Å². The van der Waals surface area contributed by atoms with E-state index in [9.17, 15) is 13.2 Å². The molecule has 1 aliphatic rings. The number of pyridine rings is 1. The number of nitrogens with one attached hydrogen (secondary N) is 1. The first kappa shape index (κ1) is 13.0. The summed E-state index contributed by atoms with van der Waals surface area (Å²) < 4.78 is 39.2. The fourth-order valence-electron chi connectivity index (χ4n) is 1.90. The minimum absolute atomic E-state index is 0.415. The van der Waals surface area contributed by atoms with Crippen LogP contribution in [-0.2, 0) is 6.18 Å². The molecule has 0 atom stereocenters. The van der Waals surface area contributed by atoms with Crippen LogP contribution in [0.1, 0.15) is 24.2 Å². The number of imidazole rings is 1. The van der Waals surface area contributed by atoms with E-state index in [1.807, 2.05) is 6.92 Å². The molecule has 0 unspecified atom stereocenters. The van der Waals surface area contributed by atoms with Gasteiger partial charge in [0, 0.05) is 12.2 Å². The third kappa shape index (κ3) is 2.61. The fraction of sp³-hybridized carbons (Fsp3) is 0.385. The second kappa shape index (κ2) is 4.50. The van der Waals surface area contributed by atoms with Gasteiger partial charge in [0.1, 0.15) is 5.69 Å². The SMILES string of the molecule is Cc1cn(-c2ccc(C(F)(F)F)nc2)c(NC2CC2)n1. The highest BCUT2D eigenvalue weighted by Gasteiger charge is 2.32. The van der Waals surface area contributed by atoms with E-state index >= 15 is 0 Å². The molecule has 2 aromatic rings. The van der Waals surface area contributed by atoms with Crippen molar-refractivity contribution < 1.29 is 13.2 Å². The van der Waals surface area contributed by atoms with E-state index in [2.05, 4.69) is 15.3 Å². The van der Waals surface area contributed by atoms with E-state index in [1.54, 1.807) is 10.8 Å². The van der Waals surface area contributed by atoms with E-state index < -0.39 is 11.9 Å². The van der Waals surface area contributed by atoms with E-state index in [-0.39, 0.29) is 0 Å². The molecule has 0 spiro atoms. The molecule has 1 saturated carbocycles. The van der Waals surface area contributed by atoms with E-state index in [0.29, 0.717) is 17.7 Å². The number of aromatic nitrogens is 3. The first-order chi connectivity index (χ1) is 9.43. The van der Waals surface area contributed by atoms with Crippen LogP contribution in [0.15, 0.2) is 24.5 Å². The predicted molar refractivity (Wildman–Crippen MR) is 67.7 cm³/mol. The lowest BCUT2D eigenvalue weighted by molar-refractivity contribution is -0.141. The van der Waals surface area contributed by atoms with Gasteiger partial charge in [-0.15, -0.1) is 0 Å². The van der Waals surface area contributed by atoms with Crippen LogP contribution in [0.2, 0.25) is 0 Å². The lowest BCUT2D eigenvalue weighted by Crippen LogP contribution is -2.10. The number of halogens is 3. The molecule has 0 amide bonds. The lowest BCUT2D eigenvalue weighted by Gasteiger charge is -2.10. The summed E-state index contributed by atoms with van der Waals surface area (Å²) in [4.78, 5) is 7.81. The zero-order valence-electron chi connectivity index (χ0n) is 10.8. The Morgan fingerprint density at radius 2 is 2.05 bits per heavy atom. The normalized spacial score (nSPS) is 15.4. The number of aryl methyl sites for hydroxylation is 1. The van der Waals surface area contributed by atoms with Gasteiger partial charge in [0.2, 0.25) is 5.95 Å². The summed E-state index contributed by atoms with van der Waals surface area (Å²) in [6.45, 7) is 1.84. The van der Waals surface area contributed by atoms with Crippen molar-refractivity contribution in [3.63, 3.8) is 0 Å². The smallest absolute Gasteiger partial charge is 0.353 e. The maximum atomic E-state index is 12.5. The highest BCUT2D eigenvalue weighted by atomic mass is 19.4. The molecule has 0 aliphatic heterocycles. The first-order valence-electron chi connectivity index (χ1n) is 6.29. The zero-order chi connectivity index (χ0) is 14.3. The summed E-state index contributed by atoms with van der Waals surface area (Å²) in [5.41, 5.74) is 0.463. The van der Waals surface area contributed by atoms with Crippen molar-refractivity contribution in [3.05, 3.63) is 35.9 Å². The third-order valence-electron chi connectivity index (χ3n) is 3.05. The monoisotopic (exact) mass is 282 g/mol. The molecular formula is C13H13F3N4. The van der Waals surface area contributed by atoms with Gasteiger partial charge in [0.05, 0.1) is 17.6 Å². The molecule has 1 fully saturated rings. The lowest BCUT2D eigenvalue weighted by atomic mass is 10.3. The standard InChI is InChI=1S/C13H13F3N4/c1-8-7-20(12(18-8)19-9-2-3-9)10-4-5-11(17-6-10)13(14,15)16/h4-7,9H,2-3H2,1H3,(H,18,19). The number of nitrogens with zero attached hydrogens (tertiary/aromatic N) is 3. The summed E-state index contributed by atoms with van der Waals surface area (Å²) in [6.07, 6.45) is 0.754. The van der Waals surface area contributed by atoms with Crippen LogP contribution in [-0.4, -0.2) is 20.6 Å². The average molecular weight is 282 g/mol. The molecule has 2 aromatic heterocycles. The van der Waals surface area contributed by atoms with Gasteiger partial charge in [0.25, 0.3) is 0 Å². The van der Waals surface area contributed by atoms with E-state index in [1.165, 1.54) is 12.3 Å². The number of alkyl halides is 3. The summed E-state index contributed by atoms with van der Waals surface area (Å²) in [7, 11) is 0. The van der Waals surface area contributed by atoms with Crippen LogP contribution in [0.4, 0.5) is 19.1 Å². The molecule has 4 nitrogen and oxygen atoms in total. The van der Waals surface area contributed by atoms with Crippen LogP contribution in [0.3, 0.4) is 0 Å². The van der Waals surface area contributed by atoms with E-state index in [4.69, 9.17) is 0 Å². The first-order valence-corrected chi connectivity index (χ1v) is 6.29. The van der Waals surface area contributed by atoms with Crippen molar-refractivity contribution in [2.24, 2.45) is 0 Å². The minimum atomic E-state index is -4.42. The number of hydrogen-bond donors (Lipinski definition) is 1. The molecule has 1 N–H and O–H groups in total. The molecule has 106 valence electrons. The molecule has 2 heterocycles. The maximum absolute atomic E-state index is 12.5. The van der Waals surface area contributed by atoms with Gasteiger partial charge in [-0.25, -0.2) is 9.97 Å². The minimum Gasteiger partial charge on any atom is -0.353 e. The van der Waals surface area contributed by atoms with Gasteiger partial charge in [-0.2, -0.15) is 13.2 Å².